The summed E-state index contributed by atoms with van der Waals surface area (Å²) < 4.78 is 10.4. The van der Waals surface area contributed by atoms with Gasteiger partial charge >= 0.3 is 5.76 Å². The van der Waals surface area contributed by atoms with Crippen LogP contribution in [0.1, 0.15) is 12.8 Å². The van der Waals surface area contributed by atoms with Crippen LogP contribution in [0.15, 0.2) is 27.4 Å². The van der Waals surface area contributed by atoms with Gasteiger partial charge in [-0.2, -0.15) is 0 Å². The molecule has 1 unspecified atom stereocenters. The molecule has 1 aromatic carbocycles. The molecular formula is C12H14N2O3. The van der Waals surface area contributed by atoms with Gasteiger partial charge in [-0.25, -0.2) is 4.79 Å². The standard InChI is InChI=1S/C12H14N2O3/c15-12-14-10-6-8(3-4-11(10)17-12)13-9-2-1-5-16-7-9/h3-4,6,9,13H,1-2,5,7H2,(H,14,15). The van der Waals surface area contributed by atoms with E-state index in [1.54, 1.807) is 6.07 Å². The molecule has 90 valence electrons. The summed E-state index contributed by atoms with van der Waals surface area (Å²) in [4.78, 5) is 13.7. The molecule has 3 rings (SSSR count). The van der Waals surface area contributed by atoms with Crippen molar-refractivity contribution in [3.8, 4) is 0 Å². The van der Waals surface area contributed by atoms with Crippen molar-refractivity contribution in [3.63, 3.8) is 0 Å². The van der Waals surface area contributed by atoms with Crippen LogP contribution in [0.4, 0.5) is 5.69 Å². The predicted molar refractivity (Wildman–Crippen MR) is 64.3 cm³/mol. The van der Waals surface area contributed by atoms with Crippen LogP contribution in [0.2, 0.25) is 0 Å². The molecule has 0 saturated carbocycles. The summed E-state index contributed by atoms with van der Waals surface area (Å²) in [7, 11) is 0. The van der Waals surface area contributed by atoms with Gasteiger partial charge in [-0.05, 0) is 31.0 Å². The number of aromatic nitrogens is 1. The Labute approximate surface area is 97.8 Å². The molecule has 0 spiro atoms. The van der Waals surface area contributed by atoms with Crippen LogP contribution in [0, 0.1) is 0 Å². The van der Waals surface area contributed by atoms with Gasteiger partial charge in [0, 0.05) is 18.3 Å². The van der Waals surface area contributed by atoms with Crippen molar-refractivity contribution >= 4 is 16.8 Å². The van der Waals surface area contributed by atoms with Gasteiger partial charge in [0.15, 0.2) is 5.58 Å². The van der Waals surface area contributed by atoms with E-state index in [-0.39, 0.29) is 0 Å². The van der Waals surface area contributed by atoms with E-state index in [0.29, 0.717) is 11.6 Å². The zero-order valence-corrected chi connectivity index (χ0v) is 9.36. The third-order valence-electron chi connectivity index (χ3n) is 2.95. The minimum Gasteiger partial charge on any atom is -0.408 e. The second-order valence-electron chi connectivity index (χ2n) is 4.28. The fraction of sp³-hybridized carbons (Fsp3) is 0.417. The van der Waals surface area contributed by atoms with Gasteiger partial charge in [0.2, 0.25) is 0 Å². The maximum atomic E-state index is 11.0. The molecule has 0 amide bonds. The molecule has 5 nitrogen and oxygen atoms in total. The number of aromatic amines is 1. The number of rotatable bonds is 2. The van der Waals surface area contributed by atoms with Crippen LogP contribution in [0.3, 0.4) is 0 Å². The summed E-state index contributed by atoms with van der Waals surface area (Å²) in [5, 5.41) is 3.39. The van der Waals surface area contributed by atoms with Crippen molar-refractivity contribution < 1.29 is 9.15 Å². The Morgan fingerprint density at radius 1 is 1.41 bits per heavy atom. The topological polar surface area (TPSA) is 67.3 Å². The van der Waals surface area contributed by atoms with Gasteiger partial charge in [0.25, 0.3) is 0 Å². The third-order valence-corrected chi connectivity index (χ3v) is 2.95. The number of hydrogen-bond donors (Lipinski definition) is 2. The summed E-state index contributed by atoms with van der Waals surface area (Å²) in [6, 6.07) is 5.93. The fourth-order valence-electron chi connectivity index (χ4n) is 2.13. The fourth-order valence-corrected chi connectivity index (χ4v) is 2.13. The Morgan fingerprint density at radius 3 is 3.18 bits per heavy atom. The Hall–Kier alpha value is -1.75. The van der Waals surface area contributed by atoms with Crippen LogP contribution in [-0.4, -0.2) is 24.2 Å². The highest BCUT2D eigenvalue weighted by atomic mass is 16.5. The second-order valence-corrected chi connectivity index (χ2v) is 4.28. The zero-order chi connectivity index (χ0) is 11.7. The third kappa shape index (κ3) is 2.19. The molecule has 1 fully saturated rings. The van der Waals surface area contributed by atoms with Crippen LogP contribution in [0.25, 0.3) is 11.1 Å². The number of nitrogens with one attached hydrogen (secondary N) is 2. The average molecular weight is 234 g/mol. The van der Waals surface area contributed by atoms with E-state index in [1.165, 1.54) is 0 Å². The van der Waals surface area contributed by atoms with E-state index in [2.05, 4.69) is 10.3 Å². The van der Waals surface area contributed by atoms with E-state index < -0.39 is 5.76 Å². The normalized spacial score (nSPS) is 20.6. The molecule has 1 aliphatic rings. The molecule has 1 aromatic heterocycles. The van der Waals surface area contributed by atoms with Crippen molar-refractivity contribution in [1.82, 2.24) is 4.98 Å². The van der Waals surface area contributed by atoms with E-state index in [4.69, 9.17) is 9.15 Å². The second kappa shape index (κ2) is 4.25. The van der Waals surface area contributed by atoms with Crippen LogP contribution < -0.4 is 11.1 Å². The summed E-state index contributed by atoms with van der Waals surface area (Å²) >= 11 is 0. The number of H-pyrrole nitrogens is 1. The number of hydrogen-bond acceptors (Lipinski definition) is 4. The highest BCUT2D eigenvalue weighted by Crippen LogP contribution is 2.19. The average Bonchev–Trinajstić information content (AvgIpc) is 2.70. The minimum absolute atomic E-state index is 0.347. The number of benzene rings is 1. The maximum Gasteiger partial charge on any atom is 0.417 e. The highest BCUT2D eigenvalue weighted by molar-refractivity contribution is 5.76. The first-order chi connectivity index (χ1) is 8.31. The molecular weight excluding hydrogens is 220 g/mol. The summed E-state index contributed by atoms with van der Waals surface area (Å²) in [6.07, 6.45) is 2.20. The SMILES string of the molecule is O=c1[nH]c2cc(NC3CCCOC3)ccc2o1. The monoisotopic (exact) mass is 234 g/mol. The molecule has 2 heterocycles. The first kappa shape index (κ1) is 10.4. The molecule has 0 bridgehead atoms. The largest absolute Gasteiger partial charge is 0.417 e. The molecule has 17 heavy (non-hydrogen) atoms. The lowest BCUT2D eigenvalue weighted by atomic mass is 10.1. The molecule has 1 saturated heterocycles. The van der Waals surface area contributed by atoms with Gasteiger partial charge < -0.3 is 14.5 Å². The van der Waals surface area contributed by atoms with Crippen molar-refractivity contribution in [1.29, 1.82) is 0 Å². The molecule has 0 radical (unpaired) electrons. The van der Waals surface area contributed by atoms with Gasteiger partial charge in [0.05, 0.1) is 12.1 Å². The molecule has 2 aromatic rings. The van der Waals surface area contributed by atoms with Crippen molar-refractivity contribution in [2.24, 2.45) is 0 Å². The van der Waals surface area contributed by atoms with E-state index in [1.807, 2.05) is 12.1 Å². The van der Waals surface area contributed by atoms with E-state index >= 15 is 0 Å². The predicted octanol–water partition coefficient (Wildman–Crippen LogP) is 1.71. The first-order valence-corrected chi connectivity index (χ1v) is 5.78. The quantitative estimate of drug-likeness (QED) is 0.830. The van der Waals surface area contributed by atoms with Gasteiger partial charge in [-0.3, -0.25) is 4.98 Å². The molecule has 5 heteroatoms. The van der Waals surface area contributed by atoms with Gasteiger partial charge in [-0.1, -0.05) is 0 Å². The maximum absolute atomic E-state index is 11.0. The Morgan fingerprint density at radius 2 is 2.35 bits per heavy atom. The molecule has 0 aliphatic carbocycles. The van der Waals surface area contributed by atoms with Crippen LogP contribution in [0.5, 0.6) is 0 Å². The first-order valence-electron chi connectivity index (χ1n) is 5.78. The lowest BCUT2D eigenvalue weighted by molar-refractivity contribution is 0.0876. The minimum atomic E-state index is -0.418. The number of anilines is 1. The summed E-state index contributed by atoms with van der Waals surface area (Å²) in [5.41, 5.74) is 2.28. The summed E-state index contributed by atoms with van der Waals surface area (Å²) in [5.74, 6) is -0.418. The number of oxazole rings is 1. The summed E-state index contributed by atoms with van der Waals surface area (Å²) in [6.45, 7) is 1.59. The van der Waals surface area contributed by atoms with Crippen molar-refractivity contribution in [3.05, 3.63) is 28.7 Å². The van der Waals surface area contributed by atoms with Gasteiger partial charge in [0.1, 0.15) is 0 Å². The molecule has 1 atom stereocenters. The zero-order valence-electron chi connectivity index (χ0n) is 9.36. The Bertz CT molecular complexity index is 566. The lowest BCUT2D eigenvalue weighted by Gasteiger charge is -2.24. The Balaban J connectivity index is 1.82. The number of fused-ring (bicyclic) bond motifs is 1. The lowest BCUT2D eigenvalue weighted by Crippen LogP contribution is -2.29. The number of ether oxygens (including phenoxy) is 1. The van der Waals surface area contributed by atoms with Crippen LogP contribution in [-0.2, 0) is 4.74 Å². The smallest absolute Gasteiger partial charge is 0.408 e. The van der Waals surface area contributed by atoms with E-state index in [9.17, 15) is 4.79 Å². The Kier molecular flexibility index (Phi) is 2.60. The van der Waals surface area contributed by atoms with Crippen molar-refractivity contribution in [2.75, 3.05) is 18.5 Å². The highest BCUT2D eigenvalue weighted by Gasteiger charge is 2.13. The van der Waals surface area contributed by atoms with Crippen molar-refractivity contribution in [2.45, 2.75) is 18.9 Å². The molecule has 1 aliphatic heterocycles. The van der Waals surface area contributed by atoms with Gasteiger partial charge in [-0.15, -0.1) is 0 Å². The van der Waals surface area contributed by atoms with E-state index in [0.717, 1.165) is 37.3 Å². The molecule has 2 N–H and O–H groups in total. The van der Waals surface area contributed by atoms with Crippen LogP contribution >= 0.6 is 0 Å².